The van der Waals surface area contributed by atoms with Crippen molar-refractivity contribution in [3.05, 3.63) is 26.9 Å². The van der Waals surface area contributed by atoms with Crippen molar-refractivity contribution in [2.45, 2.75) is 52.0 Å². The molecule has 1 aromatic heterocycles. The normalized spacial score (nSPS) is 14.5. The Morgan fingerprint density at radius 3 is 2.61 bits per heavy atom. The number of hydrogen-bond donors (Lipinski definition) is 1. The van der Waals surface area contributed by atoms with Crippen LogP contribution in [0, 0.1) is 5.92 Å². The zero-order valence-corrected chi connectivity index (χ0v) is 14.3. The maximum atomic E-state index is 6.29. The number of aromatic nitrogens is 1. The fourth-order valence-electron chi connectivity index (χ4n) is 2.15. The lowest BCUT2D eigenvalue weighted by molar-refractivity contribution is 0.385. The van der Waals surface area contributed by atoms with Crippen LogP contribution in [0.4, 0.5) is 0 Å². The van der Waals surface area contributed by atoms with Crippen LogP contribution in [-0.2, 0) is 0 Å². The predicted octanol–water partition coefficient (Wildman–Crippen LogP) is 5.21. The maximum absolute atomic E-state index is 6.29. The number of nitrogens with zero attached hydrogens (tertiary/aromatic N) is 1. The highest BCUT2D eigenvalue weighted by molar-refractivity contribution is 9.11. The fourth-order valence-corrected chi connectivity index (χ4v) is 3.43. The highest BCUT2D eigenvalue weighted by Crippen LogP contribution is 2.29. The second-order valence-corrected chi connectivity index (χ2v) is 6.55. The molecule has 2 nitrogen and oxygen atoms in total. The molecule has 0 spiro atoms. The van der Waals surface area contributed by atoms with Gasteiger partial charge in [0.25, 0.3) is 0 Å². The molecule has 2 unspecified atom stereocenters. The topological polar surface area (TPSA) is 38.9 Å². The lowest BCUT2D eigenvalue weighted by atomic mass is 9.91. The Hall–Kier alpha value is 0.0700. The van der Waals surface area contributed by atoms with Crippen molar-refractivity contribution >= 4 is 31.9 Å². The van der Waals surface area contributed by atoms with Crippen LogP contribution in [0.25, 0.3) is 0 Å². The Labute approximate surface area is 127 Å². The quantitative estimate of drug-likeness (QED) is 0.707. The molecule has 0 radical (unpaired) electrons. The zero-order chi connectivity index (χ0) is 13.5. The Kier molecular flexibility index (Phi) is 7.42. The van der Waals surface area contributed by atoms with E-state index in [0.717, 1.165) is 21.1 Å². The molecule has 0 aliphatic rings. The molecule has 0 aliphatic heterocycles. The van der Waals surface area contributed by atoms with Gasteiger partial charge in [0.05, 0.1) is 5.69 Å². The molecule has 1 heterocycles. The molecule has 0 saturated heterocycles. The molecule has 0 aliphatic carbocycles. The van der Waals surface area contributed by atoms with Crippen LogP contribution in [0.3, 0.4) is 0 Å². The zero-order valence-electron chi connectivity index (χ0n) is 11.1. The van der Waals surface area contributed by atoms with Gasteiger partial charge in [-0.3, -0.25) is 4.98 Å². The number of hydrogen-bond acceptors (Lipinski definition) is 2. The van der Waals surface area contributed by atoms with Crippen LogP contribution < -0.4 is 5.73 Å². The molecule has 4 heteroatoms. The van der Waals surface area contributed by atoms with Crippen molar-refractivity contribution in [3.8, 4) is 0 Å². The van der Waals surface area contributed by atoms with Crippen molar-refractivity contribution in [2.75, 3.05) is 0 Å². The van der Waals surface area contributed by atoms with Crippen molar-refractivity contribution in [1.29, 1.82) is 0 Å². The second kappa shape index (κ2) is 8.28. The first-order chi connectivity index (χ1) is 8.58. The number of rotatable bonds is 7. The lowest BCUT2D eigenvalue weighted by Crippen LogP contribution is -2.17. The minimum Gasteiger partial charge on any atom is -0.323 e. The highest BCUT2D eigenvalue weighted by atomic mass is 79.9. The summed E-state index contributed by atoms with van der Waals surface area (Å²) in [7, 11) is 0. The summed E-state index contributed by atoms with van der Waals surface area (Å²) in [5.41, 5.74) is 7.25. The van der Waals surface area contributed by atoms with Crippen LogP contribution in [0.2, 0.25) is 0 Å². The summed E-state index contributed by atoms with van der Waals surface area (Å²) in [5, 5.41) is 0. The van der Waals surface area contributed by atoms with Gasteiger partial charge in [-0.2, -0.15) is 0 Å². The largest absolute Gasteiger partial charge is 0.323 e. The first kappa shape index (κ1) is 16.1. The molecule has 0 aromatic carbocycles. The van der Waals surface area contributed by atoms with Crippen molar-refractivity contribution in [2.24, 2.45) is 11.7 Å². The minimum atomic E-state index is 0.0225. The number of halogens is 2. The number of nitrogens with two attached hydrogens (primary N) is 1. The third kappa shape index (κ3) is 4.98. The van der Waals surface area contributed by atoms with E-state index in [1.807, 2.05) is 12.3 Å². The van der Waals surface area contributed by atoms with Gasteiger partial charge in [-0.1, -0.05) is 39.5 Å². The van der Waals surface area contributed by atoms with E-state index < -0.39 is 0 Å². The van der Waals surface area contributed by atoms with Gasteiger partial charge in [0.1, 0.15) is 0 Å². The van der Waals surface area contributed by atoms with E-state index in [-0.39, 0.29) is 6.04 Å². The van der Waals surface area contributed by atoms with Gasteiger partial charge in [0.2, 0.25) is 0 Å². The predicted molar refractivity (Wildman–Crippen MR) is 84.5 cm³/mol. The van der Waals surface area contributed by atoms with Gasteiger partial charge >= 0.3 is 0 Å². The van der Waals surface area contributed by atoms with E-state index in [4.69, 9.17) is 5.73 Å². The van der Waals surface area contributed by atoms with Gasteiger partial charge in [0.15, 0.2) is 0 Å². The van der Waals surface area contributed by atoms with E-state index in [9.17, 15) is 0 Å². The van der Waals surface area contributed by atoms with E-state index in [2.05, 4.69) is 50.7 Å². The molecule has 2 atom stereocenters. The summed E-state index contributed by atoms with van der Waals surface area (Å²) in [6.45, 7) is 4.48. The van der Waals surface area contributed by atoms with Gasteiger partial charge in [-0.15, -0.1) is 0 Å². The van der Waals surface area contributed by atoms with Crippen LogP contribution >= 0.6 is 31.9 Å². The monoisotopic (exact) mass is 376 g/mol. The fraction of sp³-hybridized carbons (Fsp3) is 0.643. The van der Waals surface area contributed by atoms with E-state index in [0.29, 0.717) is 5.92 Å². The third-order valence-corrected chi connectivity index (χ3v) is 4.39. The molecule has 1 rings (SSSR count). The summed E-state index contributed by atoms with van der Waals surface area (Å²) < 4.78 is 1.97. The molecule has 1 aromatic rings. The standard InChI is InChI=1S/C14H22Br2N2/c1-3-5-6-10(4-2)7-13(17)14-12(16)8-11(15)9-18-14/h8-10,13H,3-7,17H2,1-2H3. The van der Waals surface area contributed by atoms with Gasteiger partial charge < -0.3 is 5.73 Å². The average Bonchev–Trinajstić information content (AvgIpc) is 2.34. The molecule has 0 amide bonds. The molecule has 2 N–H and O–H groups in total. The summed E-state index contributed by atoms with van der Waals surface area (Å²) in [4.78, 5) is 4.43. The second-order valence-electron chi connectivity index (χ2n) is 4.78. The smallest absolute Gasteiger partial charge is 0.0713 e. The summed E-state index contributed by atoms with van der Waals surface area (Å²) in [6.07, 6.45) is 7.85. The highest BCUT2D eigenvalue weighted by Gasteiger charge is 2.16. The van der Waals surface area contributed by atoms with E-state index in [1.165, 1.54) is 25.7 Å². The molecular weight excluding hydrogens is 356 g/mol. The summed E-state index contributed by atoms with van der Waals surface area (Å²) in [5.74, 6) is 0.706. The summed E-state index contributed by atoms with van der Waals surface area (Å²) >= 11 is 6.95. The molecular formula is C14H22Br2N2. The first-order valence-electron chi connectivity index (χ1n) is 6.65. The molecule has 18 heavy (non-hydrogen) atoms. The third-order valence-electron chi connectivity index (χ3n) is 3.32. The first-order valence-corrected chi connectivity index (χ1v) is 8.23. The molecule has 102 valence electrons. The van der Waals surface area contributed by atoms with Crippen LogP contribution in [0.15, 0.2) is 21.2 Å². The lowest BCUT2D eigenvalue weighted by Gasteiger charge is -2.20. The van der Waals surface area contributed by atoms with Crippen LogP contribution in [0.1, 0.15) is 57.7 Å². The van der Waals surface area contributed by atoms with Crippen molar-refractivity contribution in [3.63, 3.8) is 0 Å². The maximum Gasteiger partial charge on any atom is 0.0713 e. The van der Waals surface area contributed by atoms with Gasteiger partial charge in [-0.05, 0) is 50.3 Å². The van der Waals surface area contributed by atoms with E-state index in [1.54, 1.807) is 0 Å². The molecule has 0 saturated carbocycles. The Bertz CT molecular complexity index is 369. The molecule has 0 bridgehead atoms. The van der Waals surface area contributed by atoms with Crippen LogP contribution in [0.5, 0.6) is 0 Å². The van der Waals surface area contributed by atoms with Crippen molar-refractivity contribution in [1.82, 2.24) is 4.98 Å². The minimum absolute atomic E-state index is 0.0225. The van der Waals surface area contributed by atoms with Crippen molar-refractivity contribution < 1.29 is 0 Å². The number of pyridine rings is 1. The summed E-state index contributed by atoms with van der Waals surface area (Å²) in [6, 6.07) is 2.03. The Morgan fingerprint density at radius 1 is 1.33 bits per heavy atom. The average molecular weight is 378 g/mol. The van der Waals surface area contributed by atoms with Crippen LogP contribution in [-0.4, -0.2) is 4.98 Å². The van der Waals surface area contributed by atoms with Gasteiger partial charge in [-0.25, -0.2) is 0 Å². The SMILES string of the molecule is CCCCC(CC)CC(N)c1ncc(Br)cc1Br. The Balaban J connectivity index is 2.65. The number of unbranched alkanes of at least 4 members (excludes halogenated alkanes) is 1. The molecule has 0 fully saturated rings. The van der Waals surface area contributed by atoms with E-state index >= 15 is 0 Å². The van der Waals surface area contributed by atoms with Gasteiger partial charge in [0, 0.05) is 21.2 Å². The Morgan fingerprint density at radius 2 is 2.06 bits per heavy atom.